The van der Waals surface area contributed by atoms with Crippen LogP contribution in [0.4, 0.5) is 13.2 Å². The summed E-state index contributed by atoms with van der Waals surface area (Å²) in [5.74, 6) is -1.37. The molecular weight excluding hydrogens is 321 g/mol. The Hall–Kier alpha value is -2.96. The minimum absolute atomic E-state index is 0.0214. The summed E-state index contributed by atoms with van der Waals surface area (Å²) >= 11 is 0. The number of halogens is 3. The lowest BCUT2D eigenvalue weighted by Gasteiger charge is -2.03. The fourth-order valence-corrected chi connectivity index (χ4v) is 2.54. The summed E-state index contributed by atoms with van der Waals surface area (Å²) in [4.78, 5) is 7.20. The van der Waals surface area contributed by atoms with Crippen molar-refractivity contribution in [3.63, 3.8) is 0 Å². The molecule has 0 aliphatic carbocycles. The summed E-state index contributed by atoms with van der Waals surface area (Å²) < 4.78 is 50.5. The maximum absolute atomic E-state index is 13.7. The molecule has 3 aromatic rings. The van der Waals surface area contributed by atoms with Crippen LogP contribution in [0.15, 0.2) is 36.5 Å². The van der Waals surface area contributed by atoms with Crippen molar-refractivity contribution in [2.45, 2.75) is 6.42 Å². The van der Waals surface area contributed by atoms with Gasteiger partial charge in [0.25, 0.3) is 0 Å². The Balaban J connectivity index is 1.60. The van der Waals surface area contributed by atoms with Crippen LogP contribution in [0, 0.1) is 17.5 Å². The fraction of sp³-hybridized carbons (Fsp3) is 0.118. The van der Waals surface area contributed by atoms with Gasteiger partial charge in [-0.3, -0.25) is 0 Å². The van der Waals surface area contributed by atoms with E-state index in [9.17, 15) is 13.2 Å². The second kappa shape index (κ2) is 5.59. The van der Waals surface area contributed by atoms with Crippen molar-refractivity contribution in [1.82, 2.24) is 9.97 Å². The van der Waals surface area contributed by atoms with Gasteiger partial charge in [0.2, 0.25) is 6.79 Å². The van der Waals surface area contributed by atoms with Gasteiger partial charge in [-0.1, -0.05) is 0 Å². The third kappa shape index (κ3) is 2.58. The molecule has 0 saturated carbocycles. The number of aromatic amines is 1. The Morgan fingerprint density at radius 3 is 2.62 bits per heavy atom. The Kier molecular flexibility index (Phi) is 3.41. The minimum Gasteiger partial charge on any atom is -0.454 e. The number of H-pyrrole nitrogens is 1. The summed E-state index contributed by atoms with van der Waals surface area (Å²) in [6, 6.07) is 6.80. The molecule has 0 atom stereocenters. The topological polar surface area (TPSA) is 47.1 Å². The van der Waals surface area contributed by atoms with E-state index in [0.717, 1.165) is 11.6 Å². The normalized spacial score (nSPS) is 12.6. The van der Waals surface area contributed by atoms with Gasteiger partial charge in [-0.15, -0.1) is 0 Å². The number of nitrogens with one attached hydrogen (secondary N) is 1. The van der Waals surface area contributed by atoms with Crippen molar-refractivity contribution in [1.29, 1.82) is 0 Å². The van der Waals surface area contributed by atoms with E-state index in [1.807, 2.05) is 6.07 Å². The molecule has 0 fully saturated rings. The number of nitrogens with zero attached hydrogens (tertiary/aromatic N) is 1. The second-order valence-electron chi connectivity index (χ2n) is 5.35. The second-order valence-corrected chi connectivity index (χ2v) is 5.35. The van der Waals surface area contributed by atoms with Crippen LogP contribution in [0.3, 0.4) is 0 Å². The lowest BCUT2D eigenvalue weighted by atomic mass is 10.1. The van der Waals surface area contributed by atoms with E-state index in [2.05, 4.69) is 9.97 Å². The van der Waals surface area contributed by atoms with Crippen LogP contribution in [0.2, 0.25) is 0 Å². The lowest BCUT2D eigenvalue weighted by molar-refractivity contribution is 0.174. The number of imidazole rings is 1. The average Bonchev–Trinajstić information content (AvgIpc) is 3.20. The average molecular weight is 332 g/mol. The summed E-state index contributed by atoms with van der Waals surface area (Å²) in [5, 5.41) is 0. The van der Waals surface area contributed by atoms with Crippen LogP contribution in [0.1, 0.15) is 11.4 Å². The predicted molar refractivity (Wildman–Crippen MR) is 79.3 cm³/mol. The van der Waals surface area contributed by atoms with E-state index < -0.39 is 17.5 Å². The number of benzene rings is 2. The molecule has 0 bridgehead atoms. The molecule has 2 aromatic carbocycles. The molecular formula is C17H11F3N2O2. The monoisotopic (exact) mass is 332 g/mol. The van der Waals surface area contributed by atoms with Crippen LogP contribution >= 0.6 is 0 Å². The first-order valence-electron chi connectivity index (χ1n) is 7.17. The molecule has 0 unspecified atom stereocenters. The maximum Gasteiger partial charge on any atom is 0.231 e. The molecule has 0 saturated heterocycles. The molecule has 4 rings (SSSR count). The van der Waals surface area contributed by atoms with Crippen LogP contribution in [0.5, 0.6) is 11.5 Å². The van der Waals surface area contributed by atoms with Crippen LogP contribution in [-0.2, 0) is 6.42 Å². The van der Waals surface area contributed by atoms with Gasteiger partial charge in [0.1, 0.15) is 11.6 Å². The molecule has 1 aromatic heterocycles. The molecule has 24 heavy (non-hydrogen) atoms. The van der Waals surface area contributed by atoms with Gasteiger partial charge in [0.15, 0.2) is 23.1 Å². The van der Waals surface area contributed by atoms with E-state index in [0.29, 0.717) is 29.1 Å². The Labute approximate surface area is 134 Å². The number of hydrogen-bond acceptors (Lipinski definition) is 3. The Bertz CT molecular complexity index is 924. The van der Waals surface area contributed by atoms with Gasteiger partial charge in [0, 0.05) is 18.1 Å². The third-order valence-corrected chi connectivity index (χ3v) is 3.76. The van der Waals surface area contributed by atoms with Gasteiger partial charge in [-0.25, -0.2) is 18.2 Å². The molecule has 122 valence electrons. The zero-order valence-corrected chi connectivity index (χ0v) is 12.3. The van der Waals surface area contributed by atoms with Crippen LogP contribution in [0.25, 0.3) is 11.3 Å². The molecule has 1 N–H and O–H groups in total. The highest BCUT2D eigenvalue weighted by atomic mass is 19.2. The highest BCUT2D eigenvalue weighted by Crippen LogP contribution is 2.35. The highest BCUT2D eigenvalue weighted by Gasteiger charge is 2.16. The highest BCUT2D eigenvalue weighted by molar-refractivity contribution is 5.64. The van der Waals surface area contributed by atoms with Crippen molar-refractivity contribution in [3.8, 4) is 22.8 Å². The maximum atomic E-state index is 13.7. The molecule has 2 heterocycles. The number of rotatable bonds is 3. The first-order valence-corrected chi connectivity index (χ1v) is 7.17. The molecule has 0 radical (unpaired) electrons. The quantitative estimate of drug-likeness (QED) is 0.742. The van der Waals surface area contributed by atoms with E-state index in [1.54, 1.807) is 18.3 Å². The zero-order chi connectivity index (χ0) is 16.7. The minimum atomic E-state index is -1.21. The Morgan fingerprint density at radius 2 is 1.75 bits per heavy atom. The lowest BCUT2D eigenvalue weighted by Crippen LogP contribution is -1.98. The molecule has 7 heteroatoms. The van der Waals surface area contributed by atoms with Crippen LogP contribution in [-0.4, -0.2) is 16.8 Å². The van der Waals surface area contributed by atoms with E-state index >= 15 is 0 Å². The van der Waals surface area contributed by atoms with Gasteiger partial charge >= 0.3 is 0 Å². The van der Waals surface area contributed by atoms with Gasteiger partial charge in [-0.05, 0) is 29.8 Å². The number of fused-ring (bicyclic) bond motifs is 1. The van der Waals surface area contributed by atoms with Gasteiger partial charge < -0.3 is 14.5 Å². The summed E-state index contributed by atoms with van der Waals surface area (Å²) in [6.07, 6.45) is 1.61. The summed E-state index contributed by atoms with van der Waals surface area (Å²) in [6.45, 7) is 0.183. The molecule has 0 spiro atoms. The molecule has 1 aliphatic rings. The van der Waals surface area contributed by atoms with Gasteiger partial charge in [-0.2, -0.15) is 0 Å². The van der Waals surface area contributed by atoms with Crippen molar-refractivity contribution in [2.24, 2.45) is 0 Å². The smallest absolute Gasteiger partial charge is 0.231 e. The van der Waals surface area contributed by atoms with Crippen molar-refractivity contribution < 1.29 is 22.6 Å². The number of aromatic nitrogens is 2. The van der Waals surface area contributed by atoms with Crippen LogP contribution < -0.4 is 9.47 Å². The third-order valence-electron chi connectivity index (χ3n) is 3.76. The molecule has 0 amide bonds. The number of ether oxygens (including phenoxy) is 2. The van der Waals surface area contributed by atoms with E-state index in [-0.39, 0.29) is 18.8 Å². The molecule has 4 nitrogen and oxygen atoms in total. The Morgan fingerprint density at radius 1 is 0.958 bits per heavy atom. The van der Waals surface area contributed by atoms with E-state index in [4.69, 9.17) is 9.47 Å². The largest absolute Gasteiger partial charge is 0.454 e. The standard InChI is InChI=1S/C17H11F3N2O2/c18-11-6-13(20)12(19)3-10(11)5-17-21-7-14(22-17)9-1-2-15-16(4-9)24-8-23-15/h1-4,6-7H,5,8H2,(H,21,22). The van der Waals surface area contributed by atoms with Crippen molar-refractivity contribution in [3.05, 3.63) is 65.4 Å². The summed E-state index contributed by atoms with van der Waals surface area (Å²) in [7, 11) is 0. The first-order chi connectivity index (χ1) is 11.6. The van der Waals surface area contributed by atoms with Gasteiger partial charge in [0.05, 0.1) is 11.9 Å². The fourth-order valence-electron chi connectivity index (χ4n) is 2.54. The number of hydrogen-bond donors (Lipinski definition) is 1. The summed E-state index contributed by atoms with van der Waals surface area (Å²) in [5.41, 5.74) is 1.55. The van der Waals surface area contributed by atoms with Crippen molar-refractivity contribution in [2.75, 3.05) is 6.79 Å². The predicted octanol–water partition coefficient (Wildman–Crippen LogP) is 3.81. The molecule has 1 aliphatic heterocycles. The first kappa shape index (κ1) is 14.6. The zero-order valence-electron chi connectivity index (χ0n) is 12.3. The SMILES string of the molecule is Fc1cc(F)c(Cc2ncc(-c3ccc4c(c3)OCO4)[nH]2)cc1F. The van der Waals surface area contributed by atoms with E-state index in [1.165, 1.54) is 0 Å². The van der Waals surface area contributed by atoms with Crippen molar-refractivity contribution >= 4 is 0 Å².